The van der Waals surface area contributed by atoms with Gasteiger partial charge in [-0.15, -0.1) is 10.2 Å². The van der Waals surface area contributed by atoms with Crippen LogP contribution >= 0.6 is 11.8 Å². The van der Waals surface area contributed by atoms with E-state index >= 15 is 0 Å². The molecule has 30 heavy (non-hydrogen) atoms. The number of nitrogens with zero attached hydrogens (tertiary/aromatic N) is 4. The highest BCUT2D eigenvalue weighted by Crippen LogP contribution is 2.30. The van der Waals surface area contributed by atoms with Crippen molar-refractivity contribution in [3.8, 4) is 11.4 Å². The molecule has 2 amide bonds. The Morgan fingerprint density at radius 1 is 1.13 bits per heavy atom. The number of amides is 2. The second-order valence-electron chi connectivity index (χ2n) is 7.18. The molecule has 7 nitrogen and oxygen atoms in total. The Morgan fingerprint density at radius 3 is 2.67 bits per heavy atom. The van der Waals surface area contributed by atoms with Crippen molar-refractivity contribution in [2.75, 3.05) is 22.5 Å². The van der Waals surface area contributed by atoms with Crippen LogP contribution in [0.15, 0.2) is 53.7 Å². The molecular weight excluding hydrogens is 398 g/mol. The fourth-order valence-corrected chi connectivity index (χ4v) is 4.24. The summed E-state index contributed by atoms with van der Waals surface area (Å²) in [6.07, 6.45) is 1.39. The molecule has 4 rings (SSSR count). The van der Waals surface area contributed by atoms with Crippen LogP contribution in [0.1, 0.15) is 18.4 Å². The molecule has 2 heterocycles. The van der Waals surface area contributed by atoms with E-state index in [-0.39, 0.29) is 17.6 Å². The minimum atomic E-state index is -0.153. The molecule has 1 N–H and O–H groups in total. The molecule has 1 fully saturated rings. The van der Waals surface area contributed by atoms with E-state index in [0.717, 1.165) is 29.1 Å². The van der Waals surface area contributed by atoms with Gasteiger partial charge in [0.05, 0.1) is 17.1 Å². The maximum absolute atomic E-state index is 12.6. The Morgan fingerprint density at radius 2 is 1.90 bits per heavy atom. The first-order valence-electron chi connectivity index (χ1n) is 9.82. The Hall–Kier alpha value is -3.13. The number of anilines is 2. The van der Waals surface area contributed by atoms with E-state index in [1.165, 1.54) is 11.8 Å². The Balaban J connectivity index is 1.43. The van der Waals surface area contributed by atoms with Crippen LogP contribution in [-0.4, -0.2) is 38.9 Å². The van der Waals surface area contributed by atoms with Gasteiger partial charge in [-0.25, -0.2) is 0 Å². The highest BCUT2D eigenvalue weighted by Gasteiger charge is 2.24. The van der Waals surface area contributed by atoms with Gasteiger partial charge in [-0.3, -0.25) is 9.59 Å². The Kier molecular flexibility index (Phi) is 5.85. The summed E-state index contributed by atoms with van der Waals surface area (Å²) < 4.78 is 1.90. The van der Waals surface area contributed by atoms with Crippen molar-refractivity contribution in [3.63, 3.8) is 0 Å². The van der Waals surface area contributed by atoms with Crippen LogP contribution in [0.25, 0.3) is 11.4 Å². The molecule has 1 aromatic heterocycles. The van der Waals surface area contributed by atoms with Crippen molar-refractivity contribution >= 4 is 35.0 Å². The van der Waals surface area contributed by atoms with Crippen molar-refractivity contribution in [2.45, 2.75) is 24.9 Å². The number of aryl methyl sites for hydroxylation is 1. The molecule has 0 aliphatic carbocycles. The summed E-state index contributed by atoms with van der Waals surface area (Å²) in [5, 5.41) is 12.2. The first-order valence-corrected chi connectivity index (χ1v) is 10.8. The predicted octanol–water partition coefficient (Wildman–Crippen LogP) is 3.65. The van der Waals surface area contributed by atoms with Gasteiger partial charge in [-0.05, 0) is 31.0 Å². The van der Waals surface area contributed by atoms with Gasteiger partial charge in [0.2, 0.25) is 11.8 Å². The van der Waals surface area contributed by atoms with E-state index in [0.29, 0.717) is 23.8 Å². The van der Waals surface area contributed by atoms with Gasteiger partial charge in [0.15, 0.2) is 11.0 Å². The summed E-state index contributed by atoms with van der Waals surface area (Å²) in [5.74, 6) is 0.907. The molecule has 0 saturated carbocycles. The third-order valence-electron chi connectivity index (χ3n) is 5.10. The monoisotopic (exact) mass is 421 g/mol. The molecule has 0 atom stereocenters. The standard InChI is InChI=1S/C22H23N5O2S/c1-15-8-3-4-9-16(15)21-24-25-22(26(21)2)30-14-19(28)23-17-10-5-6-11-18(17)27-13-7-12-20(27)29/h3-6,8-11H,7,12-14H2,1-2H3,(H,23,28). The lowest BCUT2D eigenvalue weighted by Gasteiger charge is -2.19. The third kappa shape index (κ3) is 4.09. The van der Waals surface area contributed by atoms with Gasteiger partial charge in [-0.1, -0.05) is 48.2 Å². The molecule has 2 aromatic carbocycles. The summed E-state index contributed by atoms with van der Waals surface area (Å²) in [6, 6.07) is 15.4. The average molecular weight is 422 g/mol. The fourth-order valence-electron chi connectivity index (χ4n) is 3.53. The fraction of sp³-hybridized carbons (Fsp3) is 0.273. The first kappa shape index (κ1) is 20.2. The lowest BCUT2D eigenvalue weighted by Crippen LogP contribution is -2.26. The number of nitrogens with one attached hydrogen (secondary N) is 1. The molecule has 0 radical (unpaired) electrons. The lowest BCUT2D eigenvalue weighted by atomic mass is 10.1. The quantitative estimate of drug-likeness (QED) is 0.615. The van der Waals surface area contributed by atoms with Crippen LogP contribution in [0.2, 0.25) is 0 Å². The molecule has 1 saturated heterocycles. The van der Waals surface area contributed by atoms with Crippen LogP contribution < -0.4 is 10.2 Å². The lowest BCUT2D eigenvalue weighted by molar-refractivity contribution is -0.117. The number of carbonyl (C=O) groups excluding carboxylic acids is 2. The molecule has 1 aliphatic rings. The van der Waals surface area contributed by atoms with E-state index < -0.39 is 0 Å². The van der Waals surface area contributed by atoms with E-state index in [9.17, 15) is 9.59 Å². The third-order valence-corrected chi connectivity index (χ3v) is 6.12. The van der Waals surface area contributed by atoms with Gasteiger partial charge >= 0.3 is 0 Å². The second kappa shape index (κ2) is 8.71. The number of thioether (sulfide) groups is 1. The van der Waals surface area contributed by atoms with E-state index in [2.05, 4.69) is 15.5 Å². The van der Waals surface area contributed by atoms with Crippen molar-refractivity contribution in [1.82, 2.24) is 14.8 Å². The molecule has 8 heteroatoms. The highest BCUT2D eigenvalue weighted by atomic mass is 32.2. The van der Waals surface area contributed by atoms with Crippen LogP contribution in [0.5, 0.6) is 0 Å². The van der Waals surface area contributed by atoms with Crippen molar-refractivity contribution in [3.05, 3.63) is 54.1 Å². The molecule has 3 aromatic rings. The highest BCUT2D eigenvalue weighted by molar-refractivity contribution is 7.99. The van der Waals surface area contributed by atoms with Gasteiger partial charge in [0.25, 0.3) is 0 Å². The van der Waals surface area contributed by atoms with E-state index in [4.69, 9.17) is 0 Å². The molecule has 1 aliphatic heterocycles. The molecule has 0 unspecified atom stereocenters. The van der Waals surface area contributed by atoms with Crippen molar-refractivity contribution < 1.29 is 9.59 Å². The van der Waals surface area contributed by atoms with Crippen molar-refractivity contribution in [1.29, 1.82) is 0 Å². The predicted molar refractivity (Wildman–Crippen MR) is 119 cm³/mol. The van der Waals surface area contributed by atoms with Gasteiger partial charge < -0.3 is 14.8 Å². The largest absolute Gasteiger partial charge is 0.324 e. The van der Waals surface area contributed by atoms with Gasteiger partial charge in [0.1, 0.15) is 0 Å². The summed E-state index contributed by atoms with van der Waals surface area (Å²) in [7, 11) is 1.90. The van der Waals surface area contributed by atoms with Gasteiger partial charge in [-0.2, -0.15) is 0 Å². The van der Waals surface area contributed by atoms with Crippen LogP contribution in [0.3, 0.4) is 0 Å². The number of hydrogen-bond donors (Lipinski definition) is 1. The number of rotatable bonds is 6. The number of hydrogen-bond acceptors (Lipinski definition) is 5. The minimum Gasteiger partial charge on any atom is -0.324 e. The zero-order valence-corrected chi connectivity index (χ0v) is 17.8. The average Bonchev–Trinajstić information content (AvgIpc) is 3.33. The van der Waals surface area contributed by atoms with Crippen LogP contribution in [0.4, 0.5) is 11.4 Å². The number of carbonyl (C=O) groups is 2. The summed E-state index contributed by atoms with van der Waals surface area (Å²) >= 11 is 1.33. The first-order chi connectivity index (χ1) is 14.5. The Labute approximate surface area is 179 Å². The summed E-state index contributed by atoms with van der Waals surface area (Å²) in [6.45, 7) is 2.72. The maximum atomic E-state index is 12.6. The minimum absolute atomic E-state index is 0.0916. The Bertz CT molecular complexity index is 1090. The SMILES string of the molecule is Cc1ccccc1-c1nnc(SCC(=O)Nc2ccccc2N2CCCC2=O)n1C. The molecule has 154 valence electrons. The normalized spacial score (nSPS) is 13.7. The topological polar surface area (TPSA) is 80.1 Å². The zero-order valence-electron chi connectivity index (χ0n) is 17.0. The summed E-state index contributed by atoms with van der Waals surface area (Å²) in [4.78, 5) is 26.4. The number of aromatic nitrogens is 3. The van der Waals surface area contributed by atoms with E-state index in [1.807, 2.05) is 67.1 Å². The molecule has 0 bridgehead atoms. The van der Waals surface area contributed by atoms with Gasteiger partial charge in [0, 0.05) is 25.6 Å². The van der Waals surface area contributed by atoms with Crippen molar-refractivity contribution in [2.24, 2.45) is 7.05 Å². The van der Waals surface area contributed by atoms with Crippen LogP contribution in [-0.2, 0) is 16.6 Å². The number of benzene rings is 2. The molecule has 0 spiro atoms. The zero-order chi connectivity index (χ0) is 21.1. The molecular formula is C22H23N5O2S. The summed E-state index contributed by atoms with van der Waals surface area (Å²) in [5.41, 5.74) is 3.54. The van der Waals surface area contributed by atoms with E-state index in [1.54, 1.807) is 4.90 Å². The number of para-hydroxylation sites is 2. The smallest absolute Gasteiger partial charge is 0.234 e. The van der Waals surface area contributed by atoms with Crippen LogP contribution in [0, 0.1) is 6.92 Å². The second-order valence-corrected chi connectivity index (χ2v) is 8.13. The maximum Gasteiger partial charge on any atom is 0.234 e.